The van der Waals surface area contributed by atoms with Gasteiger partial charge in [0.25, 0.3) is 0 Å². The van der Waals surface area contributed by atoms with Gasteiger partial charge in [0.2, 0.25) is 0 Å². The van der Waals surface area contributed by atoms with Crippen molar-refractivity contribution in [3.8, 4) is 22.3 Å². The van der Waals surface area contributed by atoms with Crippen molar-refractivity contribution >= 4 is 48.2 Å². The normalized spacial score (nSPS) is 15.2. The van der Waals surface area contributed by atoms with Gasteiger partial charge in [-0.15, -0.1) is 0 Å². The average molecular weight is 502 g/mol. The van der Waals surface area contributed by atoms with Crippen LogP contribution in [0.2, 0.25) is 0 Å². The topological polar surface area (TPSA) is 0 Å². The highest BCUT2D eigenvalue weighted by Gasteiger charge is 2.37. The fourth-order valence-electron chi connectivity index (χ4n) is 5.28. The minimum Gasteiger partial charge on any atom is -0.0905 e. The smallest absolute Gasteiger partial charge is 0.0181 e. The molecule has 2 aliphatic carbocycles. The zero-order valence-electron chi connectivity index (χ0n) is 16.2. The second kappa shape index (κ2) is 5.71. The van der Waals surface area contributed by atoms with E-state index >= 15 is 0 Å². The van der Waals surface area contributed by atoms with Crippen LogP contribution in [0.25, 0.3) is 38.6 Å². The zero-order chi connectivity index (χ0) is 20.1. The highest BCUT2D eigenvalue weighted by molar-refractivity contribution is 9.10. The molecule has 140 valence electrons. The lowest BCUT2D eigenvalue weighted by molar-refractivity contribution is 0.660. The van der Waals surface area contributed by atoms with Gasteiger partial charge in [-0.1, -0.05) is 88.7 Å². The molecule has 0 amide bonds. The first kappa shape index (κ1) is 17.7. The molecule has 0 spiro atoms. The van der Waals surface area contributed by atoms with Gasteiger partial charge in [-0.05, 0) is 85.1 Å². The van der Waals surface area contributed by atoms with Crippen LogP contribution in [-0.4, -0.2) is 0 Å². The van der Waals surface area contributed by atoms with Crippen LogP contribution in [-0.2, 0) is 5.41 Å². The summed E-state index contributed by atoms with van der Waals surface area (Å²) in [4.78, 5) is 0. The maximum atomic E-state index is 4.40. The molecule has 0 nitrogen and oxygen atoms in total. The van der Waals surface area contributed by atoms with E-state index in [1.807, 2.05) is 0 Å². The Morgan fingerprint density at radius 2 is 1.24 bits per heavy atom. The fraction of sp³-hybridized carbons (Fsp3) is 0.111. The highest BCUT2D eigenvalue weighted by atomic mass is 79.9. The van der Waals surface area contributed by atoms with Crippen LogP contribution in [0.1, 0.15) is 36.1 Å². The Kier molecular flexibility index (Phi) is 3.48. The van der Waals surface area contributed by atoms with Crippen LogP contribution in [0.4, 0.5) is 0 Å². The van der Waals surface area contributed by atoms with Gasteiger partial charge in [-0.2, -0.15) is 0 Å². The molecule has 0 aliphatic heterocycles. The lowest BCUT2D eigenvalue weighted by atomic mass is 9.81. The monoisotopic (exact) mass is 500 g/mol. The third-order valence-electron chi connectivity index (χ3n) is 6.70. The molecule has 0 fully saturated rings. The lowest BCUT2D eigenvalue weighted by Crippen LogP contribution is -2.14. The molecule has 2 heteroatoms. The molecule has 29 heavy (non-hydrogen) atoms. The highest BCUT2D eigenvalue weighted by Crippen LogP contribution is 2.54. The van der Waals surface area contributed by atoms with Crippen LogP contribution in [0.5, 0.6) is 0 Å². The molecule has 0 aromatic heterocycles. The average Bonchev–Trinajstić information content (AvgIpc) is 3.11. The van der Waals surface area contributed by atoms with Crippen molar-refractivity contribution in [2.45, 2.75) is 19.3 Å². The predicted molar refractivity (Wildman–Crippen MR) is 130 cm³/mol. The third kappa shape index (κ3) is 2.19. The molecule has 6 rings (SSSR count). The van der Waals surface area contributed by atoms with Crippen molar-refractivity contribution in [3.63, 3.8) is 0 Å². The van der Waals surface area contributed by atoms with E-state index in [0.717, 1.165) is 14.5 Å². The van der Waals surface area contributed by atoms with Crippen molar-refractivity contribution in [1.29, 1.82) is 0 Å². The molecule has 4 aromatic carbocycles. The molecule has 0 atom stereocenters. The lowest BCUT2D eigenvalue weighted by Gasteiger charge is -2.22. The van der Waals surface area contributed by atoms with Gasteiger partial charge in [0.1, 0.15) is 0 Å². The van der Waals surface area contributed by atoms with Crippen molar-refractivity contribution in [2.75, 3.05) is 0 Å². The number of benzene rings is 4. The van der Waals surface area contributed by atoms with E-state index in [1.54, 1.807) is 0 Å². The standard InChI is InChI=1S/C27H18Br2/c1-14-17-8-9-19-18(25(17)20-6-4-15(28)12-22(14)20)10-11-23-26(19)21-7-5-16(29)13-24(21)27(23,2)3/h4-13H,1H2,2-3H3. The molecule has 0 unspecified atom stereocenters. The molecule has 4 aromatic rings. The van der Waals surface area contributed by atoms with E-state index in [9.17, 15) is 0 Å². The summed E-state index contributed by atoms with van der Waals surface area (Å²) >= 11 is 7.29. The van der Waals surface area contributed by atoms with Crippen LogP contribution < -0.4 is 0 Å². The molecule has 0 saturated heterocycles. The summed E-state index contributed by atoms with van der Waals surface area (Å²) < 4.78 is 2.23. The number of fused-ring (bicyclic) bond motifs is 9. The van der Waals surface area contributed by atoms with Gasteiger partial charge in [0, 0.05) is 14.4 Å². The van der Waals surface area contributed by atoms with Crippen LogP contribution in [0, 0.1) is 0 Å². The van der Waals surface area contributed by atoms with Crippen LogP contribution >= 0.6 is 31.9 Å². The van der Waals surface area contributed by atoms with Gasteiger partial charge in [-0.25, -0.2) is 0 Å². The molecule has 0 saturated carbocycles. The zero-order valence-corrected chi connectivity index (χ0v) is 19.4. The Morgan fingerprint density at radius 3 is 2.03 bits per heavy atom. The first-order valence-electron chi connectivity index (χ1n) is 9.78. The molecular formula is C27H18Br2. The number of hydrogen-bond acceptors (Lipinski definition) is 0. The van der Waals surface area contributed by atoms with E-state index < -0.39 is 0 Å². The van der Waals surface area contributed by atoms with E-state index in [0.29, 0.717) is 0 Å². The van der Waals surface area contributed by atoms with E-state index in [1.165, 1.54) is 55.3 Å². The van der Waals surface area contributed by atoms with Gasteiger partial charge in [-0.3, -0.25) is 0 Å². The number of rotatable bonds is 0. The molecule has 0 bridgehead atoms. The van der Waals surface area contributed by atoms with Crippen LogP contribution in [0.3, 0.4) is 0 Å². The Labute approximate surface area is 187 Å². The first-order chi connectivity index (χ1) is 13.9. The van der Waals surface area contributed by atoms with Crippen LogP contribution in [0.15, 0.2) is 76.2 Å². The molecule has 0 heterocycles. The van der Waals surface area contributed by atoms with E-state index in [4.69, 9.17) is 0 Å². The Morgan fingerprint density at radius 1 is 0.621 bits per heavy atom. The molecule has 2 aliphatic rings. The van der Waals surface area contributed by atoms with E-state index in [2.05, 4.69) is 113 Å². The summed E-state index contributed by atoms with van der Waals surface area (Å²) in [6, 6.07) is 22.5. The minimum atomic E-state index is -0.00593. The number of halogens is 2. The largest absolute Gasteiger partial charge is 0.0905 e. The van der Waals surface area contributed by atoms with Gasteiger partial charge < -0.3 is 0 Å². The Bertz CT molecular complexity index is 1410. The number of hydrogen-bond donors (Lipinski definition) is 0. The molecule has 0 radical (unpaired) electrons. The quantitative estimate of drug-likeness (QED) is 0.199. The molecule has 0 N–H and O–H groups in total. The summed E-state index contributed by atoms with van der Waals surface area (Å²) in [7, 11) is 0. The summed E-state index contributed by atoms with van der Waals surface area (Å²) in [6.45, 7) is 9.06. The second-order valence-electron chi connectivity index (χ2n) is 8.55. The van der Waals surface area contributed by atoms with Crippen molar-refractivity contribution < 1.29 is 0 Å². The minimum absolute atomic E-state index is 0.00593. The molecular weight excluding hydrogens is 484 g/mol. The third-order valence-corrected chi connectivity index (χ3v) is 7.69. The Balaban J connectivity index is 1.74. The second-order valence-corrected chi connectivity index (χ2v) is 10.4. The summed E-state index contributed by atoms with van der Waals surface area (Å²) in [5.41, 5.74) is 11.7. The maximum Gasteiger partial charge on any atom is 0.0181 e. The fourth-order valence-corrected chi connectivity index (χ4v) is 6.01. The van der Waals surface area contributed by atoms with Gasteiger partial charge in [0.05, 0.1) is 0 Å². The van der Waals surface area contributed by atoms with Gasteiger partial charge >= 0.3 is 0 Å². The maximum absolute atomic E-state index is 4.40. The summed E-state index contributed by atoms with van der Waals surface area (Å²) in [5.74, 6) is 0. The van der Waals surface area contributed by atoms with Crippen molar-refractivity contribution in [1.82, 2.24) is 0 Å². The predicted octanol–water partition coefficient (Wildman–Crippen LogP) is 8.71. The summed E-state index contributed by atoms with van der Waals surface area (Å²) in [6.07, 6.45) is 0. The first-order valence-corrected chi connectivity index (χ1v) is 11.4. The SMILES string of the molecule is C=C1c2cc(Br)ccc2-c2c1ccc1c3c(ccc21)C(C)(C)c1cc(Br)ccc1-3. The Hall–Kier alpha value is -2.16. The van der Waals surface area contributed by atoms with Gasteiger partial charge in [0.15, 0.2) is 0 Å². The summed E-state index contributed by atoms with van der Waals surface area (Å²) in [5, 5.41) is 2.65. The van der Waals surface area contributed by atoms with Crippen molar-refractivity contribution in [2.24, 2.45) is 0 Å². The van der Waals surface area contributed by atoms with E-state index in [-0.39, 0.29) is 5.41 Å². The van der Waals surface area contributed by atoms with Crippen molar-refractivity contribution in [3.05, 3.63) is 98.4 Å².